The van der Waals surface area contributed by atoms with Gasteiger partial charge in [0.2, 0.25) is 0 Å². The minimum atomic E-state index is -0.245. The average Bonchev–Trinajstić information content (AvgIpc) is 2.46. The molecule has 0 aromatic heterocycles. The van der Waals surface area contributed by atoms with Crippen LogP contribution in [-0.4, -0.2) is 20.1 Å². The molecule has 1 amide bonds. The second-order valence-electron chi connectivity index (χ2n) is 4.63. The number of benzene rings is 2. The van der Waals surface area contributed by atoms with Crippen LogP contribution in [-0.2, 0) is 0 Å². The predicted molar refractivity (Wildman–Crippen MR) is 83.1 cm³/mol. The van der Waals surface area contributed by atoms with Gasteiger partial charge in [0.05, 0.1) is 14.2 Å². The Bertz CT molecular complexity index is 669. The molecule has 21 heavy (non-hydrogen) atoms. The summed E-state index contributed by atoms with van der Waals surface area (Å²) in [6.07, 6.45) is 0. The van der Waals surface area contributed by atoms with Crippen LogP contribution in [0.25, 0.3) is 0 Å². The lowest BCUT2D eigenvalue weighted by molar-refractivity contribution is 0.102. The van der Waals surface area contributed by atoms with Crippen molar-refractivity contribution >= 4 is 17.3 Å². The van der Waals surface area contributed by atoms with Crippen LogP contribution < -0.4 is 20.5 Å². The molecular weight excluding hydrogens is 268 g/mol. The van der Waals surface area contributed by atoms with Gasteiger partial charge in [0.1, 0.15) is 11.5 Å². The van der Waals surface area contributed by atoms with Crippen LogP contribution in [0.3, 0.4) is 0 Å². The van der Waals surface area contributed by atoms with Crippen molar-refractivity contribution in [1.82, 2.24) is 0 Å². The molecular formula is C16H18N2O3. The maximum absolute atomic E-state index is 12.2. The number of carbonyl (C=O) groups excluding carboxylic acids is 1. The highest BCUT2D eigenvalue weighted by Crippen LogP contribution is 2.23. The number of hydrogen-bond acceptors (Lipinski definition) is 4. The first-order chi connectivity index (χ1) is 10.0. The van der Waals surface area contributed by atoms with Crippen molar-refractivity contribution in [3.63, 3.8) is 0 Å². The Kier molecular flexibility index (Phi) is 4.33. The van der Waals surface area contributed by atoms with E-state index in [1.165, 1.54) is 7.11 Å². The molecule has 0 unspecified atom stereocenters. The molecule has 5 heteroatoms. The summed E-state index contributed by atoms with van der Waals surface area (Å²) in [5.74, 6) is 1.08. The number of anilines is 2. The number of aryl methyl sites for hydroxylation is 1. The van der Waals surface area contributed by atoms with E-state index in [4.69, 9.17) is 15.2 Å². The molecule has 0 saturated carbocycles. The van der Waals surface area contributed by atoms with E-state index in [9.17, 15) is 4.79 Å². The van der Waals surface area contributed by atoms with Crippen molar-refractivity contribution in [2.24, 2.45) is 0 Å². The van der Waals surface area contributed by atoms with Gasteiger partial charge in [-0.3, -0.25) is 4.79 Å². The van der Waals surface area contributed by atoms with Crippen molar-refractivity contribution in [2.45, 2.75) is 6.92 Å². The second kappa shape index (κ2) is 6.17. The summed E-state index contributed by atoms with van der Waals surface area (Å²) in [5, 5.41) is 2.82. The number of methoxy groups -OCH3 is 2. The Balaban J connectivity index is 2.21. The van der Waals surface area contributed by atoms with E-state index < -0.39 is 0 Å². The summed E-state index contributed by atoms with van der Waals surface area (Å²) in [6, 6.07) is 10.4. The number of nitrogens with one attached hydrogen (secondary N) is 1. The fourth-order valence-electron chi connectivity index (χ4n) is 2.03. The summed E-state index contributed by atoms with van der Waals surface area (Å²) < 4.78 is 10.3. The predicted octanol–water partition coefficient (Wildman–Crippen LogP) is 2.85. The van der Waals surface area contributed by atoms with Gasteiger partial charge >= 0.3 is 0 Å². The number of amides is 1. The number of hydrogen-bond donors (Lipinski definition) is 2. The number of ether oxygens (including phenoxy) is 2. The van der Waals surface area contributed by atoms with Gasteiger partial charge in [0.25, 0.3) is 5.91 Å². The van der Waals surface area contributed by atoms with Crippen LogP contribution in [0.15, 0.2) is 36.4 Å². The van der Waals surface area contributed by atoms with Gasteiger partial charge in [-0.15, -0.1) is 0 Å². The van der Waals surface area contributed by atoms with E-state index in [1.54, 1.807) is 31.4 Å². The fraction of sp³-hybridized carbons (Fsp3) is 0.188. The largest absolute Gasteiger partial charge is 0.497 e. The lowest BCUT2D eigenvalue weighted by Crippen LogP contribution is -2.12. The smallest absolute Gasteiger partial charge is 0.255 e. The zero-order valence-corrected chi connectivity index (χ0v) is 12.3. The second-order valence-corrected chi connectivity index (χ2v) is 4.63. The molecule has 0 atom stereocenters. The van der Waals surface area contributed by atoms with Crippen LogP contribution in [0.5, 0.6) is 11.5 Å². The highest BCUT2D eigenvalue weighted by Gasteiger charge is 2.10. The van der Waals surface area contributed by atoms with Gasteiger partial charge in [0, 0.05) is 23.0 Å². The summed E-state index contributed by atoms with van der Waals surface area (Å²) in [4.78, 5) is 12.2. The van der Waals surface area contributed by atoms with Crippen molar-refractivity contribution in [2.75, 3.05) is 25.3 Å². The zero-order valence-electron chi connectivity index (χ0n) is 12.3. The first-order valence-electron chi connectivity index (χ1n) is 6.44. The topological polar surface area (TPSA) is 73.6 Å². The van der Waals surface area contributed by atoms with Crippen LogP contribution in [0, 0.1) is 6.92 Å². The van der Waals surface area contributed by atoms with E-state index in [-0.39, 0.29) is 5.91 Å². The Labute approximate surface area is 123 Å². The molecule has 2 aromatic rings. The first kappa shape index (κ1) is 14.7. The Hall–Kier alpha value is -2.69. The van der Waals surface area contributed by atoms with Gasteiger partial charge in [-0.25, -0.2) is 0 Å². The maximum Gasteiger partial charge on any atom is 0.255 e. The number of nitrogen functional groups attached to an aromatic ring is 1. The minimum absolute atomic E-state index is 0.245. The molecule has 5 nitrogen and oxygen atoms in total. The monoisotopic (exact) mass is 286 g/mol. The molecule has 3 N–H and O–H groups in total. The van der Waals surface area contributed by atoms with E-state index in [2.05, 4.69) is 5.32 Å². The third-order valence-corrected chi connectivity index (χ3v) is 3.08. The Morgan fingerprint density at radius 2 is 1.86 bits per heavy atom. The first-order valence-corrected chi connectivity index (χ1v) is 6.44. The van der Waals surface area contributed by atoms with Crippen molar-refractivity contribution < 1.29 is 14.3 Å². The van der Waals surface area contributed by atoms with Crippen molar-refractivity contribution in [3.05, 3.63) is 47.5 Å². The SMILES string of the molecule is COc1cc(N)cc(C(=O)Nc2ccc(OC)c(C)c2)c1. The van der Waals surface area contributed by atoms with Gasteiger partial charge < -0.3 is 20.5 Å². The summed E-state index contributed by atoms with van der Waals surface area (Å²) in [6.45, 7) is 1.91. The zero-order chi connectivity index (χ0) is 15.4. The van der Waals surface area contributed by atoms with Crippen LogP contribution in [0.1, 0.15) is 15.9 Å². The van der Waals surface area contributed by atoms with Gasteiger partial charge in [-0.2, -0.15) is 0 Å². The molecule has 110 valence electrons. The van der Waals surface area contributed by atoms with E-state index in [0.29, 0.717) is 22.7 Å². The summed E-state index contributed by atoms with van der Waals surface area (Å²) in [7, 11) is 3.14. The minimum Gasteiger partial charge on any atom is -0.497 e. The van der Waals surface area contributed by atoms with Gasteiger partial charge in [-0.05, 0) is 42.8 Å². The molecule has 0 bridgehead atoms. The molecule has 0 aliphatic heterocycles. The standard InChI is InChI=1S/C16H18N2O3/c1-10-6-13(4-5-15(10)21-3)18-16(19)11-7-12(17)9-14(8-11)20-2/h4-9H,17H2,1-3H3,(H,18,19). The third-order valence-electron chi connectivity index (χ3n) is 3.08. The number of carbonyl (C=O) groups is 1. The number of rotatable bonds is 4. The molecule has 0 fully saturated rings. The lowest BCUT2D eigenvalue weighted by atomic mass is 10.1. The van der Waals surface area contributed by atoms with E-state index >= 15 is 0 Å². The van der Waals surface area contributed by atoms with Crippen LogP contribution >= 0.6 is 0 Å². The van der Waals surface area contributed by atoms with Gasteiger partial charge in [0.15, 0.2) is 0 Å². The molecule has 0 heterocycles. The molecule has 0 saturated heterocycles. The summed E-state index contributed by atoms with van der Waals surface area (Å²) >= 11 is 0. The quantitative estimate of drug-likeness (QED) is 0.848. The molecule has 2 aromatic carbocycles. The van der Waals surface area contributed by atoms with Crippen LogP contribution in [0.4, 0.5) is 11.4 Å². The highest BCUT2D eigenvalue weighted by molar-refractivity contribution is 6.05. The molecule has 0 radical (unpaired) electrons. The average molecular weight is 286 g/mol. The Morgan fingerprint density at radius 1 is 1.10 bits per heavy atom. The maximum atomic E-state index is 12.2. The lowest BCUT2D eigenvalue weighted by Gasteiger charge is -2.10. The third kappa shape index (κ3) is 3.45. The Morgan fingerprint density at radius 3 is 2.48 bits per heavy atom. The van der Waals surface area contributed by atoms with Crippen molar-refractivity contribution in [3.8, 4) is 11.5 Å². The van der Waals surface area contributed by atoms with E-state index in [0.717, 1.165) is 11.3 Å². The van der Waals surface area contributed by atoms with Crippen LogP contribution in [0.2, 0.25) is 0 Å². The normalized spacial score (nSPS) is 10.0. The van der Waals surface area contributed by atoms with Gasteiger partial charge in [-0.1, -0.05) is 0 Å². The highest BCUT2D eigenvalue weighted by atomic mass is 16.5. The fourth-order valence-corrected chi connectivity index (χ4v) is 2.03. The van der Waals surface area contributed by atoms with Crippen molar-refractivity contribution in [1.29, 1.82) is 0 Å². The van der Waals surface area contributed by atoms with E-state index in [1.807, 2.05) is 19.1 Å². The number of nitrogens with two attached hydrogens (primary N) is 1. The summed E-state index contributed by atoms with van der Waals surface area (Å²) in [5.41, 5.74) is 8.31. The molecule has 0 aliphatic carbocycles. The molecule has 0 spiro atoms. The molecule has 0 aliphatic rings. The molecule has 2 rings (SSSR count).